The summed E-state index contributed by atoms with van der Waals surface area (Å²) in [6.45, 7) is 7.21. The quantitative estimate of drug-likeness (QED) is 0.324. The van der Waals surface area contributed by atoms with Crippen LogP contribution in [-0.2, 0) is 19.8 Å². The molecule has 0 heterocycles. The zero-order valence-corrected chi connectivity index (χ0v) is 8.51. The van der Waals surface area contributed by atoms with Crippen LogP contribution in [0.2, 0.25) is 9.28 Å². The maximum absolute atomic E-state index is 3.61. The van der Waals surface area contributed by atoms with Crippen LogP contribution < -0.4 is 0 Å². The monoisotopic (exact) mass is 317 g/mol. The first-order valence-electron chi connectivity index (χ1n) is 2.06. The van der Waals surface area contributed by atoms with Crippen LogP contribution in [0.4, 0.5) is 0 Å². The Balaban J connectivity index is 0. The fourth-order valence-corrected chi connectivity index (χ4v) is 1.03. The van der Waals surface area contributed by atoms with Crippen LogP contribution in [0, 0.1) is 0 Å². The summed E-state index contributed by atoms with van der Waals surface area (Å²) >= 11 is 0.980. The van der Waals surface area contributed by atoms with Crippen LogP contribution >= 0.6 is 24.0 Å². The van der Waals surface area contributed by atoms with Crippen molar-refractivity contribution in [1.82, 2.24) is 0 Å². The Morgan fingerprint density at radius 2 is 1.50 bits per heavy atom. The van der Waals surface area contributed by atoms with Crippen molar-refractivity contribution in [1.29, 1.82) is 0 Å². The molecular weight excluding hydrogens is 307 g/mol. The van der Waals surface area contributed by atoms with Crippen LogP contribution in [0.1, 0.15) is 0 Å². The van der Waals surface area contributed by atoms with Crippen molar-refractivity contribution in [2.75, 3.05) is 0 Å². The largest absolute Gasteiger partial charge is 0.107 e. The number of hydrogen-bond donors (Lipinski definition) is 0. The fourth-order valence-electron chi connectivity index (χ4n) is 0.173. The molecule has 0 nitrogen and oxygen atoms in total. The number of hydrogen-bond acceptors (Lipinski definition) is 0. The predicted molar refractivity (Wildman–Crippen MR) is 45.4 cm³/mol. The van der Waals surface area contributed by atoms with E-state index in [0.29, 0.717) is 0 Å². The summed E-state index contributed by atoms with van der Waals surface area (Å²) in [5.74, 6) is 0. The number of halogens is 1. The molecule has 0 aliphatic heterocycles. The molecule has 0 fully saturated rings. The Bertz CT molecular complexity index is 53.5. The first-order chi connectivity index (χ1) is 3.41. The van der Waals surface area contributed by atoms with E-state index in [0.717, 1.165) is 29.0 Å². The normalized spacial score (nSPS) is 7.50. The maximum atomic E-state index is 3.61. The van der Waals surface area contributed by atoms with Gasteiger partial charge in [0.25, 0.3) is 0 Å². The van der Waals surface area contributed by atoms with Crippen molar-refractivity contribution in [2.24, 2.45) is 0 Å². The summed E-state index contributed by atoms with van der Waals surface area (Å²) in [5.41, 5.74) is 0. The summed E-state index contributed by atoms with van der Waals surface area (Å²) in [5, 5.41) is 0. The number of allylic oxidation sites excluding steroid dienone is 2. The summed E-state index contributed by atoms with van der Waals surface area (Å²) in [4.78, 5) is 0. The summed E-state index contributed by atoms with van der Waals surface area (Å²) in [6.07, 6.45) is 3.89. The van der Waals surface area contributed by atoms with Crippen LogP contribution in [0.15, 0.2) is 25.3 Å². The van der Waals surface area contributed by atoms with E-state index in [9.17, 15) is 0 Å². The van der Waals surface area contributed by atoms with Gasteiger partial charge < -0.3 is 0 Å². The fraction of sp³-hybridized carbons (Fsp3) is 0.333. The van der Waals surface area contributed by atoms with Crippen molar-refractivity contribution in [2.45, 2.75) is 9.28 Å². The van der Waals surface area contributed by atoms with Crippen molar-refractivity contribution >= 4 is 24.0 Å². The molecule has 8 heavy (non-hydrogen) atoms. The maximum Gasteiger partial charge on any atom is -0.107 e. The van der Waals surface area contributed by atoms with Gasteiger partial charge in [0, 0.05) is 0 Å². The molecular formula is C6H11AgI. The Labute approximate surface area is 77.8 Å². The van der Waals surface area contributed by atoms with Gasteiger partial charge in [-0.15, -0.1) is 24.0 Å². The van der Waals surface area contributed by atoms with Crippen molar-refractivity contribution in [3.05, 3.63) is 25.3 Å². The molecule has 0 unspecified atom stereocenters. The van der Waals surface area contributed by atoms with Gasteiger partial charge in [-0.2, -0.15) is 0 Å². The van der Waals surface area contributed by atoms with Crippen LogP contribution in [0.3, 0.4) is 0 Å². The van der Waals surface area contributed by atoms with Crippen LogP contribution in [0.25, 0.3) is 0 Å². The Morgan fingerprint density at radius 3 is 1.75 bits per heavy atom. The molecule has 0 saturated carbocycles. The zero-order chi connectivity index (χ0) is 5.54. The topological polar surface area (TPSA) is 0 Å². The van der Waals surface area contributed by atoms with Gasteiger partial charge in [0.1, 0.15) is 0 Å². The molecule has 0 aromatic heterocycles. The van der Waals surface area contributed by atoms with E-state index in [4.69, 9.17) is 0 Å². The van der Waals surface area contributed by atoms with Crippen molar-refractivity contribution < 1.29 is 19.8 Å². The zero-order valence-electron chi connectivity index (χ0n) is 4.69. The van der Waals surface area contributed by atoms with Gasteiger partial charge >= 0.3 is 54.3 Å². The molecule has 0 rings (SSSR count). The average molecular weight is 318 g/mol. The first-order valence-corrected chi connectivity index (χ1v) is 4.16. The third kappa shape index (κ3) is 10.0. The summed E-state index contributed by atoms with van der Waals surface area (Å²) in [7, 11) is 0. The minimum absolute atomic E-state index is 0. The average Bonchev–Trinajstić information content (AvgIpc) is 1.69. The molecule has 53 valence electrons. The van der Waals surface area contributed by atoms with E-state index in [1.807, 2.05) is 12.2 Å². The molecule has 0 radical (unpaired) electrons. The SMILES string of the molecule is C=C[CH2][Ag][CH2]C=C.I. The first kappa shape index (κ1) is 11.7. The van der Waals surface area contributed by atoms with Crippen LogP contribution in [-0.4, -0.2) is 0 Å². The number of rotatable bonds is 4. The standard InChI is InChI=1S/2C3H5.Ag.HI/c2*1-3-2;;/h2*3H,1-2H2;;1H. The van der Waals surface area contributed by atoms with Crippen LogP contribution in [0.5, 0.6) is 0 Å². The predicted octanol–water partition coefficient (Wildman–Crippen LogP) is 2.90. The Hall–Kier alpha value is 0.950. The van der Waals surface area contributed by atoms with Crippen molar-refractivity contribution in [3.63, 3.8) is 0 Å². The molecule has 0 aliphatic carbocycles. The molecule has 2 heteroatoms. The van der Waals surface area contributed by atoms with Gasteiger partial charge in [0.05, 0.1) is 0 Å². The molecule has 0 bridgehead atoms. The van der Waals surface area contributed by atoms with E-state index >= 15 is 0 Å². The molecule has 0 saturated heterocycles. The third-order valence-corrected chi connectivity index (χ3v) is 2.06. The van der Waals surface area contributed by atoms with Gasteiger partial charge in [-0.05, 0) is 0 Å². The minimum atomic E-state index is 0. The second-order valence-corrected chi connectivity index (χ2v) is 2.93. The van der Waals surface area contributed by atoms with Gasteiger partial charge in [0.15, 0.2) is 0 Å². The van der Waals surface area contributed by atoms with Gasteiger partial charge in [0.2, 0.25) is 0 Å². The molecule has 0 aromatic carbocycles. The van der Waals surface area contributed by atoms with E-state index in [1.54, 1.807) is 0 Å². The minimum Gasteiger partial charge on any atom is -0.107 e. The molecule has 0 aliphatic rings. The second kappa shape index (κ2) is 10.8. The Kier molecular flexibility index (Phi) is 15.9. The molecule has 0 spiro atoms. The molecule has 0 amide bonds. The third-order valence-electron chi connectivity index (χ3n) is 0.348. The van der Waals surface area contributed by atoms with E-state index in [2.05, 4.69) is 13.2 Å². The summed E-state index contributed by atoms with van der Waals surface area (Å²) in [6, 6.07) is 0. The Morgan fingerprint density at radius 1 is 1.12 bits per heavy atom. The molecule has 0 atom stereocenters. The molecule has 0 aromatic rings. The van der Waals surface area contributed by atoms with E-state index in [-0.39, 0.29) is 24.0 Å². The smallest absolute Gasteiger partial charge is 0.107 e. The van der Waals surface area contributed by atoms with Gasteiger partial charge in [-0.3, -0.25) is 0 Å². The second-order valence-electron chi connectivity index (χ2n) is 0.974. The summed E-state index contributed by atoms with van der Waals surface area (Å²) < 4.78 is 2.29. The van der Waals surface area contributed by atoms with Gasteiger partial charge in [-0.25, -0.2) is 0 Å². The molecule has 0 N–H and O–H groups in total. The van der Waals surface area contributed by atoms with Gasteiger partial charge in [-0.1, -0.05) is 0 Å². The van der Waals surface area contributed by atoms with E-state index < -0.39 is 0 Å². The van der Waals surface area contributed by atoms with E-state index in [1.165, 1.54) is 0 Å². The van der Waals surface area contributed by atoms with Crippen molar-refractivity contribution in [3.8, 4) is 0 Å².